The van der Waals surface area contributed by atoms with Gasteiger partial charge in [0.1, 0.15) is 11.4 Å². The number of hydrogen-bond donors (Lipinski definition) is 2. The third-order valence-corrected chi connectivity index (χ3v) is 4.45. The van der Waals surface area contributed by atoms with Gasteiger partial charge >= 0.3 is 5.97 Å². The third kappa shape index (κ3) is 5.69. The van der Waals surface area contributed by atoms with E-state index in [1.807, 2.05) is 19.1 Å². The van der Waals surface area contributed by atoms with Crippen LogP contribution in [0.5, 0.6) is 0 Å². The number of benzene rings is 1. The second-order valence-electron chi connectivity index (χ2n) is 5.25. The second kappa shape index (κ2) is 7.90. The average molecular weight is 366 g/mol. The van der Waals surface area contributed by atoms with Gasteiger partial charge in [0.25, 0.3) is 5.91 Å². The molecule has 0 aliphatic rings. The summed E-state index contributed by atoms with van der Waals surface area (Å²) in [6, 6.07) is 7.10. The number of carbonyl (C=O) groups excluding carboxylic acids is 2. The predicted octanol–water partition coefficient (Wildman–Crippen LogP) is 0.189. The number of sulfonamides is 1. The number of carbonyl (C=O) groups is 2. The third-order valence-electron chi connectivity index (χ3n) is 3.10. The molecule has 0 atom stereocenters. The monoisotopic (exact) mass is 366 g/mol. The van der Waals surface area contributed by atoms with Crippen molar-refractivity contribution in [2.24, 2.45) is 7.05 Å². The lowest BCUT2D eigenvalue weighted by Gasteiger charge is -2.07. The SMILES string of the molecule is Cc1ccc(NC(=O)COC(=O)CNS(=O)(=O)c2cnn(C)c2)cc1. The highest BCUT2D eigenvalue weighted by molar-refractivity contribution is 7.89. The van der Waals surface area contributed by atoms with Crippen molar-refractivity contribution in [3.8, 4) is 0 Å². The van der Waals surface area contributed by atoms with E-state index in [2.05, 4.69) is 15.1 Å². The smallest absolute Gasteiger partial charge is 0.321 e. The van der Waals surface area contributed by atoms with Crippen LogP contribution >= 0.6 is 0 Å². The molecule has 0 saturated heterocycles. The summed E-state index contributed by atoms with van der Waals surface area (Å²) in [5, 5.41) is 6.30. The zero-order chi connectivity index (χ0) is 18.4. The maximum Gasteiger partial charge on any atom is 0.321 e. The quantitative estimate of drug-likeness (QED) is 0.675. The van der Waals surface area contributed by atoms with E-state index in [0.29, 0.717) is 5.69 Å². The van der Waals surface area contributed by atoms with Crippen LogP contribution in [0.15, 0.2) is 41.6 Å². The van der Waals surface area contributed by atoms with Crippen molar-refractivity contribution in [2.75, 3.05) is 18.5 Å². The van der Waals surface area contributed by atoms with Gasteiger partial charge in [0.2, 0.25) is 10.0 Å². The summed E-state index contributed by atoms with van der Waals surface area (Å²) >= 11 is 0. The summed E-state index contributed by atoms with van der Waals surface area (Å²) in [5.74, 6) is -1.39. The molecule has 0 saturated carbocycles. The molecule has 1 aromatic carbocycles. The minimum absolute atomic E-state index is 0.0695. The highest BCUT2D eigenvalue weighted by atomic mass is 32.2. The number of rotatable bonds is 7. The van der Waals surface area contributed by atoms with Gasteiger partial charge in [-0.1, -0.05) is 17.7 Å². The number of nitrogens with zero attached hydrogens (tertiary/aromatic N) is 2. The number of esters is 1. The van der Waals surface area contributed by atoms with Crippen LogP contribution in [0.2, 0.25) is 0 Å². The number of anilines is 1. The maximum absolute atomic E-state index is 11.9. The normalized spacial score (nSPS) is 11.1. The van der Waals surface area contributed by atoms with E-state index in [-0.39, 0.29) is 4.90 Å². The number of aromatic nitrogens is 2. The van der Waals surface area contributed by atoms with Gasteiger partial charge in [-0.3, -0.25) is 14.3 Å². The van der Waals surface area contributed by atoms with E-state index in [9.17, 15) is 18.0 Å². The Kier molecular flexibility index (Phi) is 5.88. The molecule has 2 rings (SSSR count). The first-order valence-electron chi connectivity index (χ1n) is 7.27. The van der Waals surface area contributed by atoms with Gasteiger partial charge in [-0.05, 0) is 19.1 Å². The fourth-order valence-corrected chi connectivity index (χ4v) is 2.76. The topological polar surface area (TPSA) is 119 Å². The molecule has 134 valence electrons. The number of hydrogen-bond acceptors (Lipinski definition) is 6. The first-order chi connectivity index (χ1) is 11.8. The molecule has 0 fully saturated rings. The number of aryl methyl sites for hydroxylation is 2. The first-order valence-corrected chi connectivity index (χ1v) is 8.75. The lowest BCUT2D eigenvalue weighted by Crippen LogP contribution is -2.32. The number of nitrogens with one attached hydrogen (secondary N) is 2. The van der Waals surface area contributed by atoms with E-state index in [1.54, 1.807) is 19.2 Å². The van der Waals surface area contributed by atoms with Crippen molar-refractivity contribution in [3.63, 3.8) is 0 Å². The molecule has 0 spiro atoms. The largest absolute Gasteiger partial charge is 0.455 e. The van der Waals surface area contributed by atoms with Gasteiger partial charge in [0, 0.05) is 18.9 Å². The Morgan fingerprint density at radius 3 is 2.52 bits per heavy atom. The summed E-state index contributed by atoms with van der Waals surface area (Å²) in [6.07, 6.45) is 2.45. The molecular weight excluding hydrogens is 348 g/mol. The zero-order valence-electron chi connectivity index (χ0n) is 13.7. The molecule has 0 bridgehead atoms. The molecule has 0 aliphatic carbocycles. The fourth-order valence-electron chi connectivity index (χ4n) is 1.81. The Morgan fingerprint density at radius 1 is 1.24 bits per heavy atom. The van der Waals surface area contributed by atoms with Crippen LogP contribution in [0.1, 0.15) is 5.56 Å². The van der Waals surface area contributed by atoms with Crippen molar-refractivity contribution >= 4 is 27.6 Å². The number of amides is 1. The van der Waals surface area contributed by atoms with E-state index in [1.165, 1.54) is 10.9 Å². The molecule has 0 aliphatic heterocycles. The van der Waals surface area contributed by atoms with E-state index < -0.39 is 35.1 Å². The Morgan fingerprint density at radius 2 is 1.92 bits per heavy atom. The van der Waals surface area contributed by atoms with Gasteiger partial charge < -0.3 is 10.1 Å². The molecule has 0 unspecified atom stereocenters. The summed E-state index contributed by atoms with van der Waals surface area (Å²) in [7, 11) is -2.29. The van der Waals surface area contributed by atoms with Crippen LogP contribution in [-0.2, 0) is 31.4 Å². The average Bonchev–Trinajstić information content (AvgIpc) is 3.01. The minimum atomic E-state index is -3.86. The van der Waals surface area contributed by atoms with Crippen LogP contribution in [0.3, 0.4) is 0 Å². The van der Waals surface area contributed by atoms with Crippen molar-refractivity contribution in [2.45, 2.75) is 11.8 Å². The van der Waals surface area contributed by atoms with Crippen molar-refractivity contribution in [1.82, 2.24) is 14.5 Å². The molecule has 2 N–H and O–H groups in total. The molecule has 1 amide bonds. The zero-order valence-corrected chi connectivity index (χ0v) is 14.5. The lowest BCUT2D eigenvalue weighted by atomic mass is 10.2. The fraction of sp³-hybridized carbons (Fsp3) is 0.267. The standard InChI is InChI=1S/C15H18N4O5S/c1-11-3-5-12(6-4-11)18-14(20)10-24-15(21)8-17-25(22,23)13-7-16-19(2)9-13/h3-7,9,17H,8,10H2,1-2H3,(H,18,20). The highest BCUT2D eigenvalue weighted by Crippen LogP contribution is 2.08. The van der Waals surface area contributed by atoms with Crippen molar-refractivity contribution < 1.29 is 22.7 Å². The Labute approximate surface area is 145 Å². The molecule has 1 aromatic heterocycles. The summed E-state index contributed by atoms with van der Waals surface area (Å²) in [4.78, 5) is 23.2. The Balaban J connectivity index is 1.76. The van der Waals surface area contributed by atoms with Crippen molar-refractivity contribution in [3.05, 3.63) is 42.2 Å². The minimum Gasteiger partial charge on any atom is -0.455 e. The number of ether oxygens (including phenoxy) is 1. The lowest BCUT2D eigenvalue weighted by molar-refractivity contribution is -0.146. The second-order valence-corrected chi connectivity index (χ2v) is 7.02. The molecule has 1 heterocycles. The van der Waals surface area contributed by atoms with Crippen molar-refractivity contribution in [1.29, 1.82) is 0 Å². The summed E-state index contributed by atoms with van der Waals surface area (Å²) < 4.78 is 32.0. The Hall–Kier alpha value is -2.72. The van der Waals surface area contributed by atoms with Gasteiger partial charge in [0.05, 0.1) is 6.20 Å². The van der Waals surface area contributed by atoms with E-state index in [4.69, 9.17) is 4.74 Å². The first kappa shape index (κ1) is 18.6. The van der Waals surface area contributed by atoms with Crippen LogP contribution in [0, 0.1) is 6.92 Å². The molecule has 25 heavy (non-hydrogen) atoms. The van der Waals surface area contributed by atoms with Crippen LogP contribution in [-0.4, -0.2) is 43.2 Å². The summed E-state index contributed by atoms with van der Waals surface area (Å²) in [6.45, 7) is 0.816. The Bertz CT molecular complexity index is 858. The van der Waals surface area contributed by atoms with E-state index in [0.717, 1.165) is 11.8 Å². The van der Waals surface area contributed by atoms with Gasteiger partial charge in [0.15, 0.2) is 6.61 Å². The molecule has 2 aromatic rings. The van der Waals surface area contributed by atoms with Gasteiger partial charge in [-0.2, -0.15) is 9.82 Å². The molecular formula is C15H18N4O5S. The highest BCUT2D eigenvalue weighted by Gasteiger charge is 2.18. The van der Waals surface area contributed by atoms with Crippen LogP contribution in [0.25, 0.3) is 0 Å². The molecule has 9 nitrogen and oxygen atoms in total. The van der Waals surface area contributed by atoms with E-state index >= 15 is 0 Å². The van der Waals surface area contributed by atoms with Gasteiger partial charge in [-0.25, -0.2) is 8.42 Å². The molecule has 10 heteroatoms. The van der Waals surface area contributed by atoms with Crippen LogP contribution in [0.4, 0.5) is 5.69 Å². The molecule has 0 radical (unpaired) electrons. The van der Waals surface area contributed by atoms with Crippen LogP contribution < -0.4 is 10.0 Å². The van der Waals surface area contributed by atoms with Gasteiger partial charge in [-0.15, -0.1) is 0 Å². The maximum atomic E-state index is 11.9. The summed E-state index contributed by atoms with van der Waals surface area (Å²) in [5.41, 5.74) is 1.62. The predicted molar refractivity (Wildman–Crippen MR) is 89.2 cm³/mol.